The van der Waals surface area contributed by atoms with Gasteiger partial charge in [-0.3, -0.25) is 4.98 Å². The van der Waals surface area contributed by atoms with Gasteiger partial charge in [0, 0.05) is 11.9 Å². The third-order valence-electron chi connectivity index (χ3n) is 3.22. The summed E-state index contributed by atoms with van der Waals surface area (Å²) >= 11 is 0. The van der Waals surface area contributed by atoms with Crippen LogP contribution in [0.5, 0.6) is 0 Å². The molecule has 2 heterocycles. The highest BCUT2D eigenvalue weighted by atomic mass is 16.3. The van der Waals surface area contributed by atoms with Crippen LogP contribution in [0.15, 0.2) is 42.6 Å². The van der Waals surface area contributed by atoms with Gasteiger partial charge in [-0.15, -0.1) is 0 Å². The molecule has 1 aromatic carbocycles. The van der Waals surface area contributed by atoms with Crippen LogP contribution in [0, 0.1) is 0 Å². The number of nitrogens with zero attached hydrogens (tertiary/aromatic N) is 3. The van der Waals surface area contributed by atoms with E-state index in [-0.39, 0.29) is 0 Å². The summed E-state index contributed by atoms with van der Waals surface area (Å²) < 4.78 is 1.97. The van der Waals surface area contributed by atoms with Crippen LogP contribution in [-0.2, 0) is 6.54 Å². The SMILES string of the molecule is CC(O)c1nc2cc(N)ccc2n1Cc1ccccn1. The number of nitrogens with two attached hydrogens (primary N) is 1. The summed E-state index contributed by atoms with van der Waals surface area (Å²) in [5, 5.41) is 9.92. The Morgan fingerprint density at radius 1 is 1.30 bits per heavy atom. The second-order valence-corrected chi connectivity index (χ2v) is 4.80. The van der Waals surface area contributed by atoms with Crippen molar-refractivity contribution in [1.29, 1.82) is 0 Å². The number of hydrogen-bond donors (Lipinski definition) is 2. The van der Waals surface area contributed by atoms with E-state index in [0.717, 1.165) is 16.7 Å². The molecule has 0 amide bonds. The fraction of sp³-hybridized carbons (Fsp3) is 0.200. The topological polar surface area (TPSA) is 77.0 Å². The van der Waals surface area contributed by atoms with E-state index in [1.807, 2.05) is 41.0 Å². The number of rotatable bonds is 3. The zero-order valence-corrected chi connectivity index (χ0v) is 11.2. The Morgan fingerprint density at radius 3 is 2.85 bits per heavy atom. The van der Waals surface area contributed by atoms with E-state index in [2.05, 4.69) is 9.97 Å². The van der Waals surface area contributed by atoms with Crippen LogP contribution >= 0.6 is 0 Å². The quantitative estimate of drug-likeness (QED) is 0.713. The van der Waals surface area contributed by atoms with E-state index in [4.69, 9.17) is 5.73 Å². The van der Waals surface area contributed by atoms with Crippen molar-refractivity contribution in [3.8, 4) is 0 Å². The molecule has 2 aromatic heterocycles. The summed E-state index contributed by atoms with van der Waals surface area (Å²) in [6.45, 7) is 2.28. The first-order valence-electron chi connectivity index (χ1n) is 6.49. The third kappa shape index (κ3) is 2.23. The van der Waals surface area contributed by atoms with Crippen LogP contribution in [0.25, 0.3) is 11.0 Å². The molecule has 3 rings (SSSR count). The van der Waals surface area contributed by atoms with Crippen molar-refractivity contribution in [1.82, 2.24) is 14.5 Å². The Balaban J connectivity index is 2.14. The van der Waals surface area contributed by atoms with Crippen LogP contribution < -0.4 is 5.73 Å². The molecule has 5 heteroatoms. The molecule has 0 aliphatic heterocycles. The maximum absolute atomic E-state index is 9.92. The molecular formula is C15H16N4O. The van der Waals surface area contributed by atoms with Crippen molar-refractivity contribution in [2.75, 3.05) is 5.73 Å². The minimum Gasteiger partial charge on any atom is -0.399 e. The van der Waals surface area contributed by atoms with Gasteiger partial charge in [-0.2, -0.15) is 0 Å². The Hall–Kier alpha value is -2.40. The predicted octanol–water partition coefficient (Wildman–Crippen LogP) is 2.12. The van der Waals surface area contributed by atoms with Gasteiger partial charge in [0.15, 0.2) is 0 Å². The van der Waals surface area contributed by atoms with Gasteiger partial charge in [0.25, 0.3) is 0 Å². The van der Waals surface area contributed by atoms with Gasteiger partial charge in [0.2, 0.25) is 0 Å². The lowest BCUT2D eigenvalue weighted by Crippen LogP contribution is -2.08. The molecular weight excluding hydrogens is 252 g/mol. The predicted molar refractivity (Wildman–Crippen MR) is 78.1 cm³/mol. The molecule has 0 saturated heterocycles. The van der Waals surface area contributed by atoms with Crippen molar-refractivity contribution < 1.29 is 5.11 Å². The number of imidazole rings is 1. The van der Waals surface area contributed by atoms with Crippen molar-refractivity contribution in [3.05, 3.63) is 54.1 Å². The standard InChI is InChI=1S/C15H16N4O/c1-10(20)15-18-13-8-11(16)5-6-14(13)19(15)9-12-4-2-3-7-17-12/h2-8,10,20H,9,16H2,1H3. The summed E-state index contributed by atoms with van der Waals surface area (Å²) in [4.78, 5) is 8.80. The second-order valence-electron chi connectivity index (χ2n) is 4.80. The van der Waals surface area contributed by atoms with Crippen LogP contribution in [-0.4, -0.2) is 19.6 Å². The van der Waals surface area contributed by atoms with Crippen molar-refractivity contribution >= 4 is 16.7 Å². The number of hydrogen-bond acceptors (Lipinski definition) is 4. The van der Waals surface area contributed by atoms with E-state index in [0.29, 0.717) is 18.1 Å². The lowest BCUT2D eigenvalue weighted by Gasteiger charge is -2.10. The van der Waals surface area contributed by atoms with Crippen LogP contribution in [0.2, 0.25) is 0 Å². The minimum absolute atomic E-state index is 0.571. The molecule has 102 valence electrons. The van der Waals surface area contributed by atoms with Gasteiger partial charge in [-0.25, -0.2) is 4.98 Å². The molecule has 3 aromatic rings. The third-order valence-corrected chi connectivity index (χ3v) is 3.22. The van der Waals surface area contributed by atoms with E-state index in [1.165, 1.54) is 0 Å². The Morgan fingerprint density at radius 2 is 2.15 bits per heavy atom. The van der Waals surface area contributed by atoms with Crippen molar-refractivity contribution in [3.63, 3.8) is 0 Å². The Labute approximate surface area is 116 Å². The second kappa shape index (κ2) is 4.94. The van der Waals surface area contributed by atoms with E-state index >= 15 is 0 Å². The molecule has 5 nitrogen and oxygen atoms in total. The number of aliphatic hydroxyl groups is 1. The lowest BCUT2D eigenvalue weighted by molar-refractivity contribution is 0.185. The summed E-state index contributed by atoms with van der Waals surface area (Å²) in [7, 11) is 0. The zero-order valence-electron chi connectivity index (χ0n) is 11.2. The summed E-state index contributed by atoms with van der Waals surface area (Å²) in [5.74, 6) is 0.622. The number of pyridine rings is 1. The first-order valence-corrected chi connectivity index (χ1v) is 6.49. The van der Waals surface area contributed by atoms with Crippen molar-refractivity contribution in [2.24, 2.45) is 0 Å². The molecule has 0 spiro atoms. The highest BCUT2D eigenvalue weighted by Gasteiger charge is 2.15. The fourth-order valence-corrected chi connectivity index (χ4v) is 2.30. The number of benzene rings is 1. The monoisotopic (exact) mass is 268 g/mol. The molecule has 0 bridgehead atoms. The summed E-state index contributed by atoms with van der Waals surface area (Å²) in [5.41, 5.74) is 9.11. The van der Waals surface area contributed by atoms with Gasteiger partial charge in [0.1, 0.15) is 11.9 Å². The largest absolute Gasteiger partial charge is 0.399 e. The number of nitrogen functional groups attached to an aromatic ring is 1. The van der Waals surface area contributed by atoms with Crippen LogP contribution in [0.4, 0.5) is 5.69 Å². The first-order chi connectivity index (χ1) is 9.65. The fourth-order valence-electron chi connectivity index (χ4n) is 2.30. The lowest BCUT2D eigenvalue weighted by atomic mass is 10.2. The van der Waals surface area contributed by atoms with E-state index in [1.54, 1.807) is 13.1 Å². The normalized spacial score (nSPS) is 12.7. The molecule has 3 N–H and O–H groups in total. The Kier molecular flexibility index (Phi) is 3.12. The molecule has 0 radical (unpaired) electrons. The van der Waals surface area contributed by atoms with E-state index < -0.39 is 6.10 Å². The number of aromatic nitrogens is 3. The molecule has 1 atom stereocenters. The average Bonchev–Trinajstić information content (AvgIpc) is 2.78. The number of fused-ring (bicyclic) bond motifs is 1. The van der Waals surface area contributed by atoms with Gasteiger partial charge in [-0.05, 0) is 37.3 Å². The maximum Gasteiger partial charge on any atom is 0.138 e. The minimum atomic E-state index is -0.646. The van der Waals surface area contributed by atoms with E-state index in [9.17, 15) is 5.11 Å². The van der Waals surface area contributed by atoms with Gasteiger partial charge < -0.3 is 15.4 Å². The molecule has 20 heavy (non-hydrogen) atoms. The highest BCUT2D eigenvalue weighted by molar-refractivity contribution is 5.79. The smallest absolute Gasteiger partial charge is 0.138 e. The van der Waals surface area contributed by atoms with Gasteiger partial charge in [-0.1, -0.05) is 6.07 Å². The first kappa shape index (κ1) is 12.6. The average molecular weight is 268 g/mol. The zero-order chi connectivity index (χ0) is 14.1. The Bertz CT molecular complexity index is 734. The number of anilines is 1. The highest BCUT2D eigenvalue weighted by Crippen LogP contribution is 2.23. The molecule has 0 saturated carbocycles. The van der Waals surface area contributed by atoms with Crippen LogP contribution in [0.3, 0.4) is 0 Å². The number of aliphatic hydroxyl groups excluding tert-OH is 1. The van der Waals surface area contributed by atoms with Gasteiger partial charge in [0.05, 0.1) is 23.3 Å². The van der Waals surface area contributed by atoms with Crippen LogP contribution in [0.1, 0.15) is 24.5 Å². The van der Waals surface area contributed by atoms with Crippen molar-refractivity contribution in [2.45, 2.75) is 19.6 Å². The molecule has 0 fully saturated rings. The summed E-state index contributed by atoms with van der Waals surface area (Å²) in [6, 6.07) is 11.4. The molecule has 0 aliphatic carbocycles. The maximum atomic E-state index is 9.92. The summed E-state index contributed by atoms with van der Waals surface area (Å²) in [6.07, 6.45) is 1.11. The molecule has 0 aliphatic rings. The van der Waals surface area contributed by atoms with Gasteiger partial charge >= 0.3 is 0 Å². The molecule has 1 unspecified atom stereocenters.